The zero-order valence-electron chi connectivity index (χ0n) is 18.4. The van der Waals surface area contributed by atoms with Gasteiger partial charge in [0.15, 0.2) is 0 Å². The zero-order chi connectivity index (χ0) is 21.9. The van der Waals surface area contributed by atoms with Gasteiger partial charge in [0, 0.05) is 50.1 Å². The summed E-state index contributed by atoms with van der Waals surface area (Å²) in [5, 5.41) is 13.8. The number of benzene rings is 1. The van der Waals surface area contributed by atoms with Gasteiger partial charge < -0.3 is 15.5 Å². The van der Waals surface area contributed by atoms with Crippen molar-refractivity contribution in [1.82, 2.24) is 31.7 Å². The first-order valence-electron chi connectivity index (χ1n) is 11.8. The second kappa shape index (κ2) is 9.62. The van der Waals surface area contributed by atoms with Crippen LogP contribution in [0.15, 0.2) is 24.3 Å². The van der Waals surface area contributed by atoms with Crippen molar-refractivity contribution in [3.63, 3.8) is 0 Å². The molecule has 0 radical (unpaired) electrons. The molecule has 1 aromatic carbocycles. The number of anilines is 2. The Kier molecular flexibility index (Phi) is 6.44. The average molecular weight is 443 g/mol. The van der Waals surface area contributed by atoms with E-state index in [1.54, 1.807) is 0 Å². The molecule has 4 atom stereocenters. The zero-order valence-corrected chi connectivity index (χ0v) is 18.4. The Hall–Kier alpha value is -2.40. The molecule has 10 heteroatoms. The van der Waals surface area contributed by atoms with Gasteiger partial charge in [0.05, 0.1) is 18.6 Å². The SMILES string of the molecule is O=C1CN(c2ccc(NC3NC(N4CCCCCC4)NC4CNNC(=O)C43)cc2)CCN1. The summed E-state index contributed by atoms with van der Waals surface area (Å²) < 4.78 is 0. The third-order valence-corrected chi connectivity index (χ3v) is 6.94. The number of nitrogens with zero attached hydrogens (tertiary/aromatic N) is 2. The molecule has 174 valence electrons. The number of carbonyl (C=O) groups excluding carboxylic acids is 2. The van der Waals surface area contributed by atoms with Crippen molar-refractivity contribution >= 4 is 23.2 Å². The molecule has 4 saturated heterocycles. The number of piperazine rings is 1. The van der Waals surface area contributed by atoms with Crippen LogP contribution < -0.4 is 37.0 Å². The van der Waals surface area contributed by atoms with Crippen molar-refractivity contribution in [2.75, 3.05) is 49.5 Å². The van der Waals surface area contributed by atoms with Crippen molar-refractivity contribution in [3.05, 3.63) is 24.3 Å². The molecule has 4 aliphatic heterocycles. The van der Waals surface area contributed by atoms with Crippen molar-refractivity contribution in [3.8, 4) is 0 Å². The molecule has 5 rings (SSSR count). The Morgan fingerprint density at radius 3 is 2.47 bits per heavy atom. The Labute approximate surface area is 188 Å². The molecule has 4 unspecified atom stereocenters. The minimum Gasteiger partial charge on any atom is -0.369 e. The monoisotopic (exact) mass is 442 g/mol. The number of amides is 2. The lowest BCUT2D eigenvalue weighted by Gasteiger charge is -2.48. The highest BCUT2D eigenvalue weighted by Crippen LogP contribution is 2.24. The van der Waals surface area contributed by atoms with E-state index >= 15 is 0 Å². The molecule has 6 N–H and O–H groups in total. The van der Waals surface area contributed by atoms with Crippen LogP contribution in [0.2, 0.25) is 0 Å². The van der Waals surface area contributed by atoms with Crippen molar-refractivity contribution < 1.29 is 9.59 Å². The van der Waals surface area contributed by atoms with E-state index in [0.29, 0.717) is 19.6 Å². The summed E-state index contributed by atoms with van der Waals surface area (Å²) in [6.07, 6.45) is 4.83. The Morgan fingerprint density at radius 2 is 1.72 bits per heavy atom. The summed E-state index contributed by atoms with van der Waals surface area (Å²) in [5.41, 5.74) is 7.80. The largest absolute Gasteiger partial charge is 0.369 e. The summed E-state index contributed by atoms with van der Waals surface area (Å²) in [6.45, 7) is 4.68. The molecule has 1 aromatic rings. The Morgan fingerprint density at radius 1 is 0.938 bits per heavy atom. The number of carbonyl (C=O) groups is 2. The number of fused-ring (bicyclic) bond motifs is 1. The van der Waals surface area contributed by atoms with E-state index in [-0.39, 0.29) is 36.2 Å². The molecule has 4 aliphatic rings. The van der Waals surface area contributed by atoms with Crippen molar-refractivity contribution in [2.45, 2.75) is 44.2 Å². The Bertz CT molecular complexity index is 811. The first-order valence-corrected chi connectivity index (χ1v) is 11.8. The van der Waals surface area contributed by atoms with Gasteiger partial charge in [0.1, 0.15) is 6.29 Å². The van der Waals surface area contributed by atoms with Gasteiger partial charge in [0.2, 0.25) is 11.8 Å². The van der Waals surface area contributed by atoms with E-state index in [1.165, 1.54) is 25.7 Å². The van der Waals surface area contributed by atoms with Gasteiger partial charge >= 0.3 is 0 Å². The van der Waals surface area contributed by atoms with Crippen LogP contribution in [0.4, 0.5) is 11.4 Å². The van der Waals surface area contributed by atoms with Gasteiger partial charge in [-0.1, -0.05) is 12.8 Å². The maximum Gasteiger partial charge on any atom is 0.242 e. The predicted octanol–water partition coefficient (Wildman–Crippen LogP) is -0.668. The number of rotatable bonds is 4. The van der Waals surface area contributed by atoms with E-state index < -0.39 is 0 Å². The van der Waals surface area contributed by atoms with Crippen LogP contribution in [0.25, 0.3) is 0 Å². The first kappa shape index (κ1) is 21.4. The van der Waals surface area contributed by atoms with E-state index in [0.717, 1.165) is 31.0 Å². The predicted molar refractivity (Wildman–Crippen MR) is 123 cm³/mol. The van der Waals surface area contributed by atoms with E-state index in [2.05, 4.69) is 41.9 Å². The topological polar surface area (TPSA) is 113 Å². The second-order valence-electron chi connectivity index (χ2n) is 9.13. The maximum absolute atomic E-state index is 12.7. The highest BCUT2D eigenvalue weighted by molar-refractivity contribution is 5.83. The third kappa shape index (κ3) is 4.68. The van der Waals surface area contributed by atoms with Gasteiger partial charge in [-0.25, -0.2) is 5.43 Å². The number of hydrazine groups is 1. The van der Waals surface area contributed by atoms with Crippen LogP contribution in [0.1, 0.15) is 25.7 Å². The Balaban J connectivity index is 1.30. The van der Waals surface area contributed by atoms with E-state index in [1.807, 2.05) is 24.3 Å². The standard InChI is InChI=1S/C22H34N8O2/c31-18-14-30(12-9-23-18)16-7-5-15(6-8-16)25-20-19-17(13-24-28-21(19)32)26-22(27-20)29-10-3-1-2-4-11-29/h5-8,17,19-20,22,24-27H,1-4,9-14H2,(H,23,31)(H,28,32). The second-order valence-corrected chi connectivity index (χ2v) is 9.13. The number of nitrogens with one attached hydrogen (secondary N) is 6. The van der Waals surface area contributed by atoms with Crippen LogP contribution in [0, 0.1) is 5.92 Å². The average Bonchev–Trinajstić information content (AvgIpc) is 3.09. The fourth-order valence-electron chi connectivity index (χ4n) is 5.21. The molecule has 0 bridgehead atoms. The van der Waals surface area contributed by atoms with Crippen molar-refractivity contribution in [2.24, 2.45) is 5.92 Å². The lowest BCUT2D eigenvalue weighted by Crippen LogP contribution is -2.76. The molecule has 0 aliphatic carbocycles. The molecule has 4 heterocycles. The molecule has 0 aromatic heterocycles. The molecule has 32 heavy (non-hydrogen) atoms. The first-order chi connectivity index (χ1) is 15.7. The van der Waals surface area contributed by atoms with Crippen LogP contribution >= 0.6 is 0 Å². The molecular weight excluding hydrogens is 408 g/mol. The minimum atomic E-state index is -0.232. The molecule has 10 nitrogen and oxygen atoms in total. The van der Waals surface area contributed by atoms with Gasteiger partial charge in [-0.15, -0.1) is 0 Å². The summed E-state index contributed by atoms with van der Waals surface area (Å²) in [5.74, 6) is -0.186. The van der Waals surface area contributed by atoms with E-state index in [4.69, 9.17) is 0 Å². The molecule has 2 amide bonds. The quantitative estimate of drug-likeness (QED) is 0.364. The number of hydrogen-bond donors (Lipinski definition) is 6. The highest BCUT2D eigenvalue weighted by Gasteiger charge is 2.44. The normalized spacial score (nSPS) is 31.8. The van der Waals surface area contributed by atoms with Crippen molar-refractivity contribution in [1.29, 1.82) is 0 Å². The summed E-state index contributed by atoms with van der Waals surface area (Å²) >= 11 is 0. The fraction of sp³-hybridized carbons (Fsp3) is 0.636. The fourth-order valence-corrected chi connectivity index (χ4v) is 5.21. The van der Waals surface area contributed by atoms with Crippen LogP contribution in [-0.2, 0) is 9.59 Å². The molecule has 4 fully saturated rings. The van der Waals surface area contributed by atoms with Gasteiger partial charge in [-0.05, 0) is 37.1 Å². The smallest absolute Gasteiger partial charge is 0.242 e. The molecular formula is C22H34N8O2. The number of likely N-dealkylation sites (tertiary alicyclic amines) is 1. The van der Waals surface area contributed by atoms with Gasteiger partial charge in [0.25, 0.3) is 0 Å². The lowest BCUT2D eigenvalue weighted by molar-refractivity contribution is -0.132. The third-order valence-electron chi connectivity index (χ3n) is 6.94. The number of hydrogen-bond acceptors (Lipinski definition) is 8. The van der Waals surface area contributed by atoms with Crippen LogP contribution in [0.5, 0.6) is 0 Å². The van der Waals surface area contributed by atoms with Crippen LogP contribution in [0.3, 0.4) is 0 Å². The van der Waals surface area contributed by atoms with E-state index in [9.17, 15) is 9.59 Å². The minimum absolute atomic E-state index is 0.0102. The lowest BCUT2D eigenvalue weighted by atomic mass is 9.91. The van der Waals surface area contributed by atoms with Crippen LogP contribution in [-0.4, -0.2) is 74.5 Å². The van der Waals surface area contributed by atoms with Gasteiger partial charge in [-0.2, -0.15) is 0 Å². The molecule has 0 saturated carbocycles. The maximum atomic E-state index is 12.7. The highest BCUT2D eigenvalue weighted by atomic mass is 16.2. The summed E-state index contributed by atoms with van der Waals surface area (Å²) in [4.78, 5) is 29.0. The summed E-state index contributed by atoms with van der Waals surface area (Å²) in [6, 6.07) is 8.17. The molecule has 0 spiro atoms. The van der Waals surface area contributed by atoms with Gasteiger partial charge in [-0.3, -0.25) is 30.5 Å². The summed E-state index contributed by atoms with van der Waals surface area (Å²) in [7, 11) is 0.